The maximum atomic E-state index is 5.99. The Morgan fingerprint density at radius 3 is 3.13 bits per heavy atom. The fourth-order valence-corrected chi connectivity index (χ4v) is 1.54. The second-order valence-corrected chi connectivity index (χ2v) is 3.26. The van der Waals surface area contributed by atoms with E-state index in [4.69, 9.17) is 16.5 Å². The highest BCUT2D eigenvalue weighted by Crippen LogP contribution is 2.20. The second kappa shape index (κ2) is 4.53. The molecule has 78 valence electrons. The molecule has 0 N–H and O–H groups in total. The summed E-state index contributed by atoms with van der Waals surface area (Å²) in [7, 11) is 1.45. The molecule has 2 heterocycles. The lowest BCUT2D eigenvalue weighted by Gasteiger charge is -2.03. The number of halogens is 1. The van der Waals surface area contributed by atoms with Gasteiger partial charge in [0, 0.05) is 11.6 Å². The van der Waals surface area contributed by atoms with Gasteiger partial charge in [0.15, 0.2) is 0 Å². The van der Waals surface area contributed by atoms with Gasteiger partial charge < -0.3 is 0 Å². The van der Waals surface area contributed by atoms with Crippen molar-refractivity contribution < 1.29 is 9.78 Å². The lowest BCUT2D eigenvalue weighted by molar-refractivity contribution is -0.282. The normalized spacial score (nSPS) is 10.8. The molecule has 0 spiro atoms. The summed E-state index contributed by atoms with van der Waals surface area (Å²) >= 11 is 5.99. The van der Waals surface area contributed by atoms with Gasteiger partial charge in [-0.25, -0.2) is 14.8 Å². The van der Waals surface area contributed by atoms with Crippen LogP contribution in [-0.2, 0) is 16.4 Å². The number of pyridine rings is 2. The molecule has 15 heavy (non-hydrogen) atoms. The summed E-state index contributed by atoms with van der Waals surface area (Å²) in [6, 6.07) is 5.51. The van der Waals surface area contributed by atoms with E-state index in [0.717, 1.165) is 10.9 Å². The fraction of sp³-hybridized carbons (Fsp3) is 0.200. The summed E-state index contributed by atoms with van der Waals surface area (Å²) in [4.78, 5) is 17.6. The van der Waals surface area contributed by atoms with Gasteiger partial charge in [-0.1, -0.05) is 11.6 Å². The third-order valence-electron chi connectivity index (χ3n) is 1.93. The summed E-state index contributed by atoms with van der Waals surface area (Å²) < 4.78 is 0. The molecule has 0 saturated carbocycles. The van der Waals surface area contributed by atoms with Crippen LogP contribution in [-0.4, -0.2) is 17.1 Å². The minimum absolute atomic E-state index is 0.253. The average molecular weight is 225 g/mol. The fourth-order valence-electron chi connectivity index (χ4n) is 1.28. The van der Waals surface area contributed by atoms with Gasteiger partial charge in [0.2, 0.25) is 0 Å². The van der Waals surface area contributed by atoms with Crippen LogP contribution in [0.1, 0.15) is 5.69 Å². The minimum Gasteiger partial charge on any atom is -0.256 e. The first-order chi connectivity index (χ1) is 7.31. The molecule has 0 atom stereocenters. The van der Waals surface area contributed by atoms with E-state index in [-0.39, 0.29) is 6.61 Å². The molecule has 0 aliphatic rings. The Balaban J connectivity index is 2.43. The largest absolute Gasteiger partial charge is 0.256 e. The van der Waals surface area contributed by atoms with Crippen LogP contribution in [0.4, 0.5) is 0 Å². The van der Waals surface area contributed by atoms with Crippen molar-refractivity contribution in [2.45, 2.75) is 6.61 Å². The highest BCUT2D eigenvalue weighted by molar-refractivity contribution is 6.34. The Labute approximate surface area is 91.7 Å². The van der Waals surface area contributed by atoms with Crippen molar-refractivity contribution >= 4 is 22.5 Å². The summed E-state index contributed by atoms with van der Waals surface area (Å²) in [6.07, 6.45) is 1.71. The number of hydrogen-bond donors (Lipinski definition) is 0. The van der Waals surface area contributed by atoms with E-state index in [2.05, 4.69) is 14.9 Å². The van der Waals surface area contributed by atoms with E-state index in [1.54, 1.807) is 6.20 Å². The van der Waals surface area contributed by atoms with Gasteiger partial charge in [-0.2, -0.15) is 0 Å². The van der Waals surface area contributed by atoms with E-state index in [1.165, 1.54) is 7.11 Å². The van der Waals surface area contributed by atoms with E-state index < -0.39 is 0 Å². The SMILES string of the molecule is COOCc1cc2ncccc2c(Cl)n1. The third kappa shape index (κ3) is 2.23. The van der Waals surface area contributed by atoms with Crippen molar-refractivity contribution in [2.75, 3.05) is 7.11 Å². The lowest BCUT2D eigenvalue weighted by atomic mass is 10.2. The molecule has 0 saturated heterocycles. The zero-order valence-corrected chi connectivity index (χ0v) is 8.86. The maximum Gasteiger partial charge on any atom is 0.138 e. The van der Waals surface area contributed by atoms with Crippen LogP contribution in [0.5, 0.6) is 0 Å². The monoisotopic (exact) mass is 224 g/mol. The van der Waals surface area contributed by atoms with E-state index >= 15 is 0 Å². The second-order valence-electron chi connectivity index (χ2n) is 2.90. The first-order valence-electron chi connectivity index (χ1n) is 4.37. The third-order valence-corrected chi connectivity index (χ3v) is 2.22. The molecule has 0 fully saturated rings. The zero-order chi connectivity index (χ0) is 10.7. The summed E-state index contributed by atoms with van der Waals surface area (Å²) in [5, 5.41) is 1.26. The molecule has 2 aromatic heterocycles. The summed E-state index contributed by atoms with van der Waals surface area (Å²) in [5.41, 5.74) is 1.49. The number of nitrogens with zero attached hydrogens (tertiary/aromatic N) is 2. The van der Waals surface area contributed by atoms with Crippen molar-refractivity contribution in [3.05, 3.63) is 35.2 Å². The molecular formula is C10H9ClN2O2. The molecule has 0 amide bonds. The van der Waals surface area contributed by atoms with E-state index in [9.17, 15) is 0 Å². The highest BCUT2D eigenvalue weighted by Gasteiger charge is 2.04. The van der Waals surface area contributed by atoms with Crippen molar-refractivity contribution in [1.29, 1.82) is 0 Å². The first kappa shape index (κ1) is 10.3. The summed E-state index contributed by atoms with van der Waals surface area (Å²) in [6.45, 7) is 0.253. The van der Waals surface area contributed by atoms with Gasteiger partial charge >= 0.3 is 0 Å². The van der Waals surface area contributed by atoms with Gasteiger partial charge in [0.25, 0.3) is 0 Å². The predicted octanol–water partition coefficient (Wildman–Crippen LogP) is 2.36. The van der Waals surface area contributed by atoms with Crippen molar-refractivity contribution in [3.8, 4) is 0 Å². The molecule has 4 nitrogen and oxygen atoms in total. The molecule has 2 aromatic rings. The number of fused-ring (bicyclic) bond motifs is 1. The van der Waals surface area contributed by atoms with Gasteiger partial charge in [0.05, 0.1) is 18.3 Å². The Hall–Kier alpha value is -1.23. The van der Waals surface area contributed by atoms with Gasteiger partial charge in [0.1, 0.15) is 11.8 Å². The van der Waals surface area contributed by atoms with Crippen LogP contribution in [0.15, 0.2) is 24.4 Å². The Bertz CT molecular complexity index is 476. The molecule has 2 rings (SSSR count). The van der Waals surface area contributed by atoms with Gasteiger partial charge in [-0.3, -0.25) is 4.98 Å². The van der Waals surface area contributed by atoms with Gasteiger partial charge in [-0.05, 0) is 18.2 Å². The van der Waals surface area contributed by atoms with Crippen LogP contribution in [0.3, 0.4) is 0 Å². The molecule has 0 unspecified atom stereocenters. The van der Waals surface area contributed by atoms with Crippen molar-refractivity contribution in [3.63, 3.8) is 0 Å². The van der Waals surface area contributed by atoms with E-state index in [0.29, 0.717) is 10.8 Å². The molecule has 0 bridgehead atoms. The van der Waals surface area contributed by atoms with Crippen LogP contribution < -0.4 is 0 Å². The Kier molecular flexibility index (Phi) is 3.11. The van der Waals surface area contributed by atoms with Crippen LogP contribution >= 0.6 is 11.6 Å². The van der Waals surface area contributed by atoms with E-state index in [1.807, 2.05) is 18.2 Å². The Morgan fingerprint density at radius 2 is 2.33 bits per heavy atom. The first-order valence-corrected chi connectivity index (χ1v) is 4.75. The number of hydrogen-bond acceptors (Lipinski definition) is 4. The topological polar surface area (TPSA) is 44.2 Å². The average Bonchev–Trinajstić information content (AvgIpc) is 2.26. The van der Waals surface area contributed by atoms with Gasteiger partial charge in [-0.15, -0.1) is 0 Å². The zero-order valence-electron chi connectivity index (χ0n) is 8.11. The van der Waals surface area contributed by atoms with Crippen molar-refractivity contribution in [2.24, 2.45) is 0 Å². The molecule has 0 radical (unpaired) electrons. The molecule has 0 aliphatic carbocycles. The van der Waals surface area contributed by atoms with Crippen LogP contribution in [0.25, 0.3) is 10.9 Å². The minimum atomic E-state index is 0.253. The maximum absolute atomic E-state index is 5.99. The quantitative estimate of drug-likeness (QED) is 0.456. The molecule has 0 aromatic carbocycles. The predicted molar refractivity (Wildman–Crippen MR) is 56.3 cm³/mol. The smallest absolute Gasteiger partial charge is 0.138 e. The highest BCUT2D eigenvalue weighted by atomic mass is 35.5. The Morgan fingerprint density at radius 1 is 1.47 bits per heavy atom. The van der Waals surface area contributed by atoms with Crippen molar-refractivity contribution in [1.82, 2.24) is 9.97 Å². The summed E-state index contributed by atoms with van der Waals surface area (Å²) in [5.74, 6) is 0. The molecule has 0 aliphatic heterocycles. The number of aromatic nitrogens is 2. The molecule has 5 heteroatoms. The standard InChI is InChI=1S/C10H9ClN2O2/c1-14-15-6-7-5-9-8(10(11)13-7)3-2-4-12-9/h2-5H,6H2,1H3. The van der Waals surface area contributed by atoms with Crippen LogP contribution in [0, 0.1) is 0 Å². The lowest BCUT2D eigenvalue weighted by Crippen LogP contribution is -1.96. The van der Waals surface area contributed by atoms with Crippen LogP contribution in [0.2, 0.25) is 5.15 Å². The molecular weight excluding hydrogens is 216 g/mol. The number of rotatable bonds is 3.